The number of ether oxygens (including phenoxy) is 2. The SMILES string of the molecule is CC(=O)OCC12C=CCOC1SC(Nc1ccccc1)=N2. The Labute approximate surface area is 127 Å². The van der Waals surface area contributed by atoms with E-state index < -0.39 is 5.54 Å². The van der Waals surface area contributed by atoms with Crippen molar-refractivity contribution < 1.29 is 14.3 Å². The summed E-state index contributed by atoms with van der Waals surface area (Å²) >= 11 is 1.51. The number of esters is 1. The second kappa shape index (κ2) is 5.91. The zero-order valence-electron chi connectivity index (χ0n) is 11.6. The first-order valence-corrected chi connectivity index (χ1v) is 7.57. The number of aliphatic imine (C=N–C) groups is 1. The highest BCUT2D eigenvalue weighted by atomic mass is 32.2. The van der Waals surface area contributed by atoms with Crippen LogP contribution < -0.4 is 5.32 Å². The molecule has 1 aromatic rings. The van der Waals surface area contributed by atoms with E-state index in [2.05, 4.69) is 10.3 Å². The van der Waals surface area contributed by atoms with Crippen molar-refractivity contribution in [3.8, 4) is 0 Å². The minimum atomic E-state index is -0.633. The average Bonchev–Trinajstić information content (AvgIpc) is 2.84. The molecule has 1 aromatic carbocycles. The van der Waals surface area contributed by atoms with Crippen LogP contribution in [0.5, 0.6) is 0 Å². The minimum absolute atomic E-state index is 0.173. The summed E-state index contributed by atoms with van der Waals surface area (Å²) in [6.07, 6.45) is 3.88. The molecular weight excluding hydrogens is 288 g/mol. The molecule has 2 aliphatic heterocycles. The fourth-order valence-corrected chi connectivity index (χ4v) is 3.38. The van der Waals surface area contributed by atoms with Crippen LogP contribution in [0.4, 0.5) is 5.69 Å². The first kappa shape index (κ1) is 14.2. The van der Waals surface area contributed by atoms with E-state index >= 15 is 0 Å². The van der Waals surface area contributed by atoms with Crippen LogP contribution in [0.15, 0.2) is 47.5 Å². The molecule has 110 valence electrons. The molecule has 21 heavy (non-hydrogen) atoms. The van der Waals surface area contributed by atoms with Gasteiger partial charge in [0.15, 0.2) is 10.7 Å². The Kier molecular flexibility index (Phi) is 3.98. The lowest BCUT2D eigenvalue weighted by Gasteiger charge is -2.30. The number of hydrogen-bond donors (Lipinski definition) is 1. The molecule has 2 aliphatic rings. The number of carbonyl (C=O) groups is 1. The van der Waals surface area contributed by atoms with Gasteiger partial charge in [0.2, 0.25) is 0 Å². The van der Waals surface area contributed by atoms with Crippen LogP contribution in [0.1, 0.15) is 6.92 Å². The van der Waals surface area contributed by atoms with E-state index in [1.807, 2.05) is 42.5 Å². The van der Waals surface area contributed by atoms with E-state index in [4.69, 9.17) is 9.47 Å². The third-order valence-electron chi connectivity index (χ3n) is 3.22. The second-order valence-electron chi connectivity index (χ2n) is 4.86. The largest absolute Gasteiger partial charge is 0.463 e. The van der Waals surface area contributed by atoms with Gasteiger partial charge in [-0.2, -0.15) is 0 Å². The summed E-state index contributed by atoms with van der Waals surface area (Å²) in [6, 6.07) is 9.82. The number of nitrogens with one attached hydrogen (secondary N) is 1. The van der Waals surface area contributed by atoms with Gasteiger partial charge in [-0.15, -0.1) is 0 Å². The van der Waals surface area contributed by atoms with Crippen molar-refractivity contribution >= 4 is 28.6 Å². The molecule has 1 N–H and O–H groups in total. The summed E-state index contributed by atoms with van der Waals surface area (Å²) in [6.45, 7) is 2.14. The van der Waals surface area contributed by atoms with Gasteiger partial charge in [-0.1, -0.05) is 42.1 Å². The number of para-hydroxylation sites is 1. The summed E-state index contributed by atoms with van der Waals surface area (Å²) in [5.41, 5.74) is 0.160. The zero-order chi connectivity index (χ0) is 14.7. The van der Waals surface area contributed by atoms with Crippen molar-refractivity contribution in [3.05, 3.63) is 42.5 Å². The highest BCUT2D eigenvalue weighted by Crippen LogP contribution is 2.40. The monoisotopic (exact) mass is 304 g/mol. The maximum Gasteiger partial charge on any atom is 0.302 e. The molecule has 0 fully saturated rings. The first-order valence-electron chi connectivity index (χ1n) is 6.69. The Bertz CT molecular complexity index is 588. The number of nitrogens with zero attached hydrogens (tertiary/aromatic N) is 1. The van der Waals surface area contributed by atoms with Gasteiger partial charge >= 0.3 is 5.97 Å². The Morgan fingerprint density at radius 3 is 3.10 bits per heavy atom. The predicted octanol–water partition coefficient (Wildman–Crippen LogP) is 2.42. The van der Waals surface area contributed by atoms with E-state index in [1.54, 1.807) is 0 Å². The van der Waals surface area contributed by atoms with Gasteiger partial charge in [-0.3, -0.25) is 4.79 Å². The van der Waals surface area contributed by atoms with Gasteiger partial charge in [0.1, 0.15) is 12.0 Å². The van der Waals surface area contributed by atoms with E-state index in [1.165, 1.54) is 18.7 Å². The minimum Gasteiger partial charge on any atom is -0.463 e. The molecule has 0 amide bonds. The van der Waals surface area contributed by atoms with Crippen molar-refractivity contribution in [3.63, 3.8) is 0 Å². The van der Waals surface area contributed by atoms with Crippen LogP contribution in [0.3, 0.4) is 0 Å². The summed E-state index contributed by atoms with van der Waals surface area (Å²) < 4.78 is 10.9. The van der Waals surface area contributed by atoms with Crippen LogP contribution in [-0.2, 0) is 14.3 Å². The fourth-order valence-electron chi connectivity index (χ4n) is 2.23. The van der Waals surface area contributed by atoms with E-state index in [-0.39, 0.29) is 18.0 Å². The van der Waals surface area contributed by atoms with E-state index in [0.717, 1.165) is 10.9 Å². The maximum atomic E-state index is 11.1. The van der Waals surface area contributed by atoms with Crippen molar-refractivity contribution in [1.82, 2.24) is 0 Å². The lowest BCUT2D eigenvalue weighted by atomic mass is 10.0. The molecule has 2 unspecified atom stereocenters. The molecule has 0 radical (unpaired) electrons. The van der Waals surface area contributed by atoms with E-state index in [0.29, 0.717) is 6.61 Å². The molecule has 0 bridgehead atoms. The zero-order valence-corrected chi connectivity index (χ0v) is 12.4. The first-order chi connectivity index (χ1) is 10.2. The number of amidine groups is 1. The summed E-state index contributed by atoms with van der Waals surface area (Å²) in [5.74, 6) is -0.313. The van der Waals surface area contributed by atoms with Crippen LogP contribution in [-0.4, -0.2) is 35.3 Å². The normalized spacial score (nSPS) is 26.9. The van der Waals surface area contributed by atoms with Gasteiger partial charge in [0.05, 0.1) is 6.61 Å². The number of hydrogen-bond acceptors (Lipinski definition) is 6. The molecule has 6 heteroatoms. The Morgan fingerprint density at radius 2 is 2.33 bits per heavy atom. The molecule has 0 saturated heterocycles. The van der Waals surface area contributed by atoms with Crippen LogP contribution in [0.2, 0.25) is 0 Å². The van der Waals surface area contributed by atoms with Gasteiger partial charge in [0.25, 0.3) is 0 Å². The third-order valence-corrected chi connectivity index (χ3v) is 4.39. The molecule has 0 aliphatic carbocycles. The fraction of sp³-hybridized carbons (Fsp3) is 0.333. The highest BCUT2D eigenvalue weighted by Gasteiger charge is 2.46. The van der Waals surface area contributed by atoms with Gasteiger partial charge < -0.3 is 14.8 Å². The predicted molar refractivity (Wildman–Crippen MR) is 83.3 cm³/mol. The van der Waals surface area contributed by atoms with Crippen molar-refractivity contribution in [2.75, 3.05) is 18.5 Å². The Balaban J connectivity index is 1.79. The maximum absolute atomic E-state index is 11.1. The molecule has 5 nitrogen and oxygen atoms in total. The van der Waals surface area contributed by atoms with Gasteiger partial charge in [-0.25, -0.2) is 4.99 Å². The number of fused-ring (bicyclic) bond motifs is 1. The Morgan fingerprint density at radius 1 is 1.52 bits per heavy atom. The molecule has 0 spiro atoms. The summed E-state index contributed by atoms with van der Waals surface area (Å²) in [4.78, 5) is 15.8. The third kappa shape index (κ3) is 3.11. The number of anilines is 1. The number of benzene rings is 1. The molecular formula is C15H16N2O3S. The quantitative estimate of drug-likeness (QED) is 0.686. The summed E-state index contributed by atoms with van der Waals surface area (Å²) in [7, 11) is 0. The standard InChI is InChI=1S/C15H16N2O3S/c1-11(18)20-10-15-8-5-9-19-13(15)21-14(17-15)16-12-6-3-2-4-7-12/h2-8,13H,9-10H2,1H3,(H,16,17). The van der Waals surface area contributed by atoms with Gasteiger partial charge in [-0.05, 0) is 12.1 Å². The molecule has 3 rings (SSSR count). The van der Waals surface area contributed by atoms with Crippen LogP contribution in [0, 0.1) is 0 Å². The van der Waals surface area contributed by atoms with Crippen molar-refractivity contribution in [2.24, 2.45) is 4.99 Å². The van der Waals surface area contributed by atoms with Crippen LogP contribution in [0.25, 0.3) is 0 Å². The number of rotatable bonds is 3. The highest BCUT2D eigenvalue weighted by molar-refractivity contribution is 8.14. The lowest BCUT2D eigenvalue weighted by Crippen LogP contribution is -2.43. The van der Waals surface area contributed by atoms with Gasteiger partial charge in [0, 0.05) is 12.6 Å². The number of thioether (sulfide) groups is 1. The molecule has 2 atom stereocenters. The lowest BCUT2D eigenvalue weighted by molar-refractivity contribution is -0.143. The average molecular weight is 304 g/mol. The smallest absolute Gasteiger partial charge is 0.302 e. The second-order valence-corrected chi connectivity index (χ2v) is 5.92. The number of carbonyl (C=O) groups excluding carboxylic acids is 1. The molecule has 2 heterocycles. The van der Waals surface area contributed by atoms with Crippen molar-refractivity contribution in [2.45, 2.75) is 17.9 Å². The van der Waals surface area contributed by atoms with Crippen molar-refractivity contribution in [1.29, 1.82) is 0 Å². The van der Waals surface area contributed by atoms with E-state index in [9.17, 15) is 4.79 Å². The molecule has 0 aromatic heterocycles. The summed E-state index contributed by atoms with van der Waals surface area (Å²) in [5, 5.41) is 4.04. The molecule has 0 saturated carbocycles. The Hall–Kier alpha value is -1.79. The topological polar surface area (TPSA) is 59.9 Å². The van der Waals surface area contributed by atoms with Crippen LogP contribution >= 0.6 is 11.8 Å².